The summed E-state index contributed by atoms with van der Waals surface area (Å²) in [6.07, 6.45) is 4.95. The Bertz CT molecular complexity index is 197. The fourth-order valence-electron chi connectivity index (χ4n) is 2.22. The molecule has 0 aromatic carbocycles. The normalized spacial score (nSPS) is 21.9. The van der Waals surface area contributed by atoms with Gasteiger partial charge in [0.05, 0.1) is 6.04 Å². The van der Waals surface area contributed by atoms with Gasteiger partial charge in [0, 0.05) is 12.1 Å². The Kier molecular flexibility index (Phi) is 3.93. The summed E-state index contributed by atoms with van der Waals surface area (Å²) in [5, 5.41) is 6.26. The van der Waals surface area contributed by atoms with Crippen LogP contribution in [-0.4, -0.2) is 24.0 Å². The average Bonchev–Trinajstić information content (AvgIpc) is 2.52. The van der Waals surface area contributed by atoms with Gasteiger partial charge in [-0.25, -0.2) is 0 Å². The third-order valence-corrected chi connectivity index (χ3v) is 3.02. The summed E-state index contributed by atoms with van der Waals surface area (Å²) in [6.45, 7) is 6.81. The van der Waals surface area contributed by atoms with E-state index in [0.717, 1.165) is 0 Å². The summed E-state index contributed by atoms with van der Waals surface area (Å²) in [7, 11) is 0. The molecule has 0 bridgehead atoms. The molecular weight excluding hydrogens is 176 g/mol. The minimum absolute atomic E-state index is 0.0713. The number of likely N-dealkylation sites (N-methyl/N-ethyl adjacent to an activating group) is 1. The molecule has 0 aromatic heterocycles. The Balaban J connectivity index is 2.38. The zero-order valence-corrected chi connectivity index (χ0v) is 9.52. The molecule has 1 amide bonds. The van der Waals surface area contributed by atoms with Gasteiger partial charge in [-0.1, -0.05) is 12.8 Å². The lowest BCUT2D eigenvalue weighted by Gasteiger charge is -2.29. The molecule has 1 fully saturated rings. The van der Waals surface area contributed by atoms with Crippen molar-refractivity contribution in [3.63, 3.8) is 0 Å². The minimum atomic E-state index is -0.0713. The van der Waals surface area contributed by atoms with Crippen molar-refractivity contribution in [2.75, 3.05) is 6.54 Å². The van der Waals surface area contributed by atoms with Gasteiger partial charge < -0.3 is 10.6 Å². The van der Waals surface area contributed by atoms with Crippen LogP contribution in [0.5, 0.6) is 0 Å². The van der Waals surface area contributed by atoms with Gasteiger partial charge in [0.25, 0.3) is 0 Å². The number of amides is 1. The van der Waals surface area contributed by atoms with E-state index in [9.17, 15) is 4.79 Å². The first-order valence-corrected chi connectivity index (χ1v) is 5.63. The molecule has 1 aliphatic carbocycles. The maximum absolute atomic E-state index is 11.5. The molecular formula is C11H22N2O. The van der Waals surface area contributed by atoms with Crippen LogP contribution in [0.15, 0.2) is 0 Å². The molecule has 0 radical (unpaired) electrons. The van der Waals surface area contributed by atoms with Crippen molar-refractivity contribution in [2.45, 2.75) is 58.0 Å². The van der Waals surface area contributed by atoms with E-state index >= 15 is 0 Å². The predicted octanol–water partition coefficient (Wildman–Crippen LogP) is 1.43. The zero-order chi connectivity index (χ0) is 10.6. The van der Waals surface area contributed by atoms with E-state index in [4.69, 9.17) is 0 Å². The van der Waals surface area contributed by atoms with Crippen LogP contribution in [-0.2, 0) is 4.79 Å². The van der Waals surface area contributed by atoms with E-state index in [0.29, 0.717) is 6.54 Å². The van der Waals surface area contributed by atoms with Crippen LogP contribution >= 0.6 is 0 Å². The summed E-state index contributed by atoms with van der Waals surface area (Å²) >= 11 is 0. The van der Waals surface area contributed by atoms with E-state index in [-0.39, 0.29) is 17.5 Å². The highest BCUT2D eigenvalue weighted by molar-refractivity contribution is 5.81. The van der Waals surface area contributed by atoms with Crippen LogP contribution < -0.4 is 10.6 Å². The van der Waals surface area contributed by atoms with E-state index in [2.05, 4.69) is 17.6 Å². The standard InChI is InChI=1S/C11H22N2O/c1-4-12-10(14)9(2)13-11(3)7-5-6-8-11/h9,13H,4-8H2,1-3H3,(H,12,14). The highest BCUT2D eigenvalue weighted by Gasteiger charge is 2.31. The Morgan fingerprint density at radius 1 is 1.43 bits per heavy atom. The first-order valence-electron chi connectivity index (χ1n) is 5.63. The van der Waals surface area contributed by atoms with Crippen molar-refractivity contribution < 1.29 is 4.79 Å². The lowest BCUT2D eigenvalue weighted by atomic mass is 9.99. The van der Waals surface area contributed by atoms with Gasteiger partial charge in [-0.15, -0.1) is 0 Å². The second-order valence-electron chi connectivity index (χ2n) is 4.53. The van der Waals surface area contributed by atoms with E-state index in [1.54, 1.807) is 0 Å². The van der Waals surface area contributed by atoms with Crippen LogP contribution in [0.1, 0.15) is 46.5 Å². The molecule has 1 saturated carbocycles. The summed E-state index contributed by atoms with van der Waals surface area (Å²) in [5.74, 6) is 0.112. The number of rotatable bonds is 4. The van der Waals surface area contributed by atoms with Gasteiger partial charge in [0.15, 0.2) is 0 Å². The molecule has 1 aliphatic rings. The first-order chi connectivity index (χ1) is 6.57. The van der Waals surface area contributed by atoms with Gasteiger partial charge in [-0.05, 0) is 33.6 Å². The summed E-state index contributed by atoms with van der Waals surface area (Å²) < 4.78 is 0. The highest BCUT2D eigenvalue weighted by Crippen LogP contribution is 2.29. The van der Waals surface area contributed by atoms with Crippen LogP contribution in [0.2, 0.25) is 0 Å². The van der Waals surface area contributed by atoms with Gasteiger partial charge in [0.1, 0.15) is 0 Å². The van der Waals surface area contributed by atoms with E-state index in [1.807, 2.05) is 13.8 Å². The SMILES string of the molecule is CCNC(=O)C(C)NC1(C)CCCC1. The number of nitrogens with one attached hydrogen (secondary N) is 2. The largest absolute Gasteiger partial charge is 0.355 e. The number of hydrogen-bond donors (Lipinski definition) is 2. The van der Waals surface area contributed by atoms with Gasteiger partial charge in [-0.3, -0.25) is 4.79 Å². The van der Waals surface area contributed by atoms with Crippen molar-refractivity contribution in [3.8, 4) is 0 Å². The van der Waals surface area contributed by atoms with E-state index < -0.39 is 0 Å². The second kappa shape index (κ2) is 4.78. The van der Waals surface area contributed by atoms with Crippen molar-refractivity contribution >= 4 is 5.91 Å². The first kappa shape index (κ1) is 11.5. The van der Waals surface area contributed by atoms with Gasteiger partial charge in [0.2, 0.25) is 5.91 Å². The number of carbonyl (C=O) groups is 1. The average molecular weight is 198 g/mol. The molecule has 0 heterocycles. The fourth-order valence-corrected chi connectivity index (χ4v) is 2.22. The molecule has 1 atom stereocenters. The second-order valence-corrected chi connectivity index (χ2v) is 4.53. The van der Waals surface area contributed by atoms with Crippen molar-refractivity contribution in [1.82, 2.24) is 10.6 Å². The topological polar surface area (TPSA) is 41.1 Å². The maximum atomic E-state index is 11.5. The third kappa shape index (κ3) is 2.98. The van der Waals surface area contributed by atoms with Crippen molar-refractivity contribution in [1.29, 1.82) is 0 Å². The summed E-state index contributed by atoms with van der Waals surface area (Å²) in [4.78, 5) is 11.5. The summed E-state index contributed by atoms with van der Waals surface area (Å²) in [6, 6.07) is -0.0713. The maximum Gasteiger partial charge on any atom is 0.236 e. The van der Waals surface area contributed by atoms with E-state index in [1.165, 1.54) is 25.7 Å². The fraction of sp³-hybridized carbons (Fsp3) is 0.909. The lowest BCUT2D eigenvalue weighted by molar-refractivity contribution is -0.123. The van der Waals surface area contributed by atoms with Crippen molar-refractivity contribution in [2.24, 2.45) is 0 Å². The Morgan fingerprint density at radius 3 is 2.50 bits per heavy atom. The molecule has 2 N–H and O–H groups in total. The number of hydrogen-bond acceptors (Lipinski definition) is 2. The van der Waals surface area contributed by atoms with Crippen LogP contribution in [0.4, 0.5) is 0 Å². The van der Waals surface area contributed by atoms with Gasteiger partial charge in [-0.2, -0.15) is 0 Å². The van der Waals surface area contributed by atoms with Crippen molar-refractivity contribution in [3.05, 3.63) is 0 Å². The quantitative estimate of drug-likeness (QED) is 0.717. The predicted molar refractivity (Wildman–Crippen MR) is 58.2 cm³/mol. The highest BCUT2D eigenvalue weighted by atomic mass is 16.2. The van der Waals surface area contributed by atoms with Crippen LogP contribution in [0.25, 0.3) is 0 Å². The third-order valence-electron chi connectivity index (χ3n) is 3.02. The Labute approximate surface area is 86.6 Å². The molecule has 1 rings (SSSR count). The molecule has 0 aliphatic heterocycles. The molecule has 0 aromatic rings. The molecule has 3 nitrogen and oxygen atoms in total. The zero-order valence-electron chi connectivity index (χ0n) is 9.52. The molecule has 82 valence electrons. The summed E-state index contributed by atoms with van der Waals surface area (Å²) in [5.41, 5.74) is 0.185. The molecule has 1 unspecified atom stereocenters. The van der Waals surface area contributed by atoms with Crippen LogP contribution in [0.3, 0.4) is 0 Å². The molecule has 0 spiro atoms. The Hall–Kier alpha value is -0.570. The van der Waals surface area contributed by atoms with Gasteiger partial charge >= 0.3 is 0 Å². The molecule has 0 saturated heterocycles. The Morgan fingerprint density at radius 2 is 2.00 bits per heavy atom. The number of carbonyl (C=O) groups excluding carboxylic acids is 1. The minimum Gasteiger partial charge on any atom is -0.355 e. The van der Waals surface area contributed by atoms with Crippen LogP contribution in [0, 0.1) is 0 Å². The smallest absolute Gasteiger partial charge is 0.236 e. The monoisotopic (exact) mass is 198 g/mol. The molecule has 3 heteroatoms. The molecule has 14 heavy (non-hydrogen) atoms. The lowest BCUT2D eigenvalue weighted by Crippen LogP contribution is -2.51.